The molecule has 1 aliphatic rings. The Labute approximate surface area is 182 Å². The molecule has 0 aromatic heterocycles. The first-order valence-electron chi connectivity index (χ1n) is 8.91. The molecule has 1 saturated heterocycles. The van der Waals surface area contributed by atoms with Crippen molar-refractivity contribution in [3.8, 4) is 5.75 Å². The van der Waals surface area contributed by atoms with E-state index in [4.69, 9.17) is 27.9 Å². The molecule has 1 fully saturated rings. The third-order valence-electron chi connectivity index (χ3n) is 4.39. The van der Waals surface area contributed by atoms with Crippen LogP contribution < -0.4 is 10.1 Å². The number of likely N-dealkylation sites (tertiary alicyclic amines) is 1. The number of benzene rings is 2. The summed E-state index contributed by atoms with van der Waals surface area (Å²) in [6, 6.07) is 10.2. The SMILES string of the molecule is O=C(COc1c(Cl)cc(Cl)cc1Br)Nc1ccccc1C(=O)N1CCCCC1. The molecule has 1 aliphatic heterocycles. The maximum atomic E-state index is 12.8. The molecule has 0 radical (unpaired) electrons. The number of piperidine rings is 1. The van der Waals surface area contributed by atoms with Gasteiger partial charge in [-0.15, -0.1) is 0 Å². The van der Waals surface area contributed by atoms with E-state index in [1.165, 1.54) is 6.07 Å². The summed E-state index contributed by atoms with van der Waals surface area (Å²) in [6.07, 6.45) is 3.15. The predicted molar refractivity (Wildman–Crippen MR) is 114 cm³/mol. The molecule has 3 rings (SSSR count). The van der Waals surface area contributed by atoms with Crippen LogP contribution in [0, 0.1) is 0 Å². The lowest BCUT2D eigenvalue weighted by Gasteiger charge is -2.27. The molecule has 0 bridgehead atoms. The van der Waals surface area contributed by atoms with E-state index in [1.54, 1.807) is 30.3 Å². The van der Waals surface area contributed by atoms with Crippen LogP contribution in [0.4, 0.5) is 5.69 Å². The summed E-state index contributed by atoms with van der Waals surface area (Å²) >= 11 is 15.3. The van der Waals surface area contributed by atoms with E-state index in [0.717, 1.165) is 32.4 Å². The molecule has 0 aliphatic carbocycles. The summed E-state index contributed by atoms with van der Waals surface area (Å²) in [7, 11) is 0. The highest BCUT2D eigenvalue weighted by Gasteiger charge is 2.21. The Bertz CT molecular complexity index is 862. The minimum absolute atomic E-state index is 0.0694. The molecule has 5 nitrogen and oxygen atoms in total. The number of ether oxygens (including phenoxy) is 1. The Morgan fingerprint density at radius 3 is 2.54 bits per heavy atom. The monoisotopic (exact) mass is 484 g/mol. The number of anilines is 1. The van der Waals surface area contributed by atoms with Crippen molar-refractivity contribution in [2.24, 2.45) is 0 Å². The highest BCUT2D eigenvalue weighted by molar-refractivity contribution is 9.10. The van der Waals surface area contributed by atoms with Crippen molar-refractivity contribution in [3.05, 3.63) is 56.5 Å². The zero-order valence-corrected chi connectivity index (χ0v) is 18.1. The summed E-state index contributed by atoms with van der Waals surface area (Å²) in [6.45, 7) is 1.23. The van der Waals surface area contributed by atoms with E-state index in [-0.39, 0.29) is 12.5 Å². The Balaban J connectivity index is 1.67. The number of nitrogens with one attached hydrogen (secondary N) is 1. The molecule has 1 N–H and O–H groups in total. The summed E-state index contributed by atoms with van der Waals surface area (Å²) < 4.78 is 6.08. The van der Waals surface area contributed by atoms with Crippen LogP contribution in [0.25, 0.3) is 0 Å². The fraction of sp³-hybridized carbons (Fsp3) is 0.300. The van der Waals surface area contributed by atoms with Crippen molar-refractivity contribution in [2.75, 3.05) is 25.0 Å². The van der Waals surface area contributed by atoms with E-state index >= 15 is 0 Å². The zero-order valence-electron chi connectivity index (χ0n) is 15.0. The Hall–Kier alpha value is -1.76. The van der Waals surface area contributed by atoms with Gasteiger partial charge in [-0.05, 0) is 59.5 Å². The van der Waals surface area contributed by atoms with E-state index in [2.05, 4.69) is 21.2 Å². The molecule has 0 saturated carbocycles. The van der Waals surface area contributed by atoms with E-state index in [0.29, 0.717) is 31.5 Å². The maximum Gasteiger partial charge on any atom is 0.262 e. The standard InChI is InChI=1S/C20H19BrCl2N2O3/c21-15-10-13(22)11-16(23)19(15)28-12-18(26)24-17-7-3-2-6-14(17)20(27)25-8-4-1-5-9-25/h2-3,6-7,10-11H,1,4-5,8-9,12H2,(H,24,26). The number of halogens is 3. The van der Waals surface area contributed by atoms with Crippen molar-refractivity contribution in [1.82, 2.24) is 4.90 Å². The first-order chi connectivity index (χ1) is 13.5. The topological polar surface area (TPSA) is 58.6 Å². The van der Waals surface area contributed by atoms with Crippen LogP contribution >= 0.6 is 39.1 Å². The second-order valence-corrected chi connectivity index (χ2v) is 8.13. The molecule has 2 aromatic carbocycles. The second kappa shape index (κ2) is 9.63. The van der Waals surface area contributed by atoms with Crippen molar-refractivity contribution in [1.29, 1.82) is 0 Å². The highest BCUT2D eigenvalue weighted by atomic mass is 79.9. The molecule has 2 aromatic rings. The molecule has 28 heavy (non-hydrogen) atoms. The van der Waals surface area contributed by atoms with Gasteiger partial charge in [0.15, 0.2) is 12.4 Å². The molecule has 0 unspecified atom stereocenters. The van der Waals surface area contributed by atoms with Gasteiger partial charge >= 0.3 is 0 Å². The van der Waals surface area contributed by atoms with E-state index in [1.807, 2.05) is 4.90 Å². The summed E-state index contributed by atoms with van der Waals surface area (Å²) in [5, 5.41) is 3.51. The third-order valence-corrected chi connectivity index (χ3v) is 5.47. The Kier molecular flexibility index (Phi) is 7.21. The summed E-state index contributed by atoms with van der Waals surface area (Å²) in [4.78, 5) is 27.0. The van der Waals surface area contributed by atoms with Crippen molar-refractivity contribution < 1.29 is 14.3 Å². The lowest BCUT2D eigenvalue weighted by Crippen LogP contribution is -2.36. The third kappa shape index (κ3) is 5.19. The molecule has 2 amide bonds. The van der Waals surface area contributed by atoms with Gasteiger partial charge < -0.3 is 15.0 Å². The first kappa shape index (κ1) is 21.0. The lowest BCUT2D eigenvalue weighted by molar-refractivity contribution is -0.118. The molecule has 148 valence electrons. The average Bonchev–Trinajstić information content (AvgIpc) is 2.67. The van der Waals surface area contributed by atoms with E-state index in [9.17, 15) is 9.59 Å². The second-order valence-electron chi connectivity index (χ2n) is 6.43. The number of carbonyl (C=O) groups is 2. The van der Waals surface area contributed by atoms with Crippen molar-refractivity contribution >= 4 is 56.6 Å². The van der Waals surface area contributed by atoms with Crippen LogP contribution in [0.1, 0.15) is 29.6 Å². The van der Waals surface area contributed by atoms with Gasteiger partial charge in [0.25, 0.3) is 11.8 Å². The fourth-order valence-electron chi connectivity index (χ4n) is 3.04. The molecular weight excluding hydrogens is 467 g/mol. The summed E-state index contributed by atoms with van der Waals surface area (Å²) in [5.74, 6) is -0.129. The van der Waals surface area contributed by atoms with Crippen molar-refractivity contribution in [2.45, 2.75) is 19.3 Å². The quantitative estimate of drug-likeness (QED) is 0.616. The normalized spacial score (nSPS) is 13.9. The van der Waals surface area contributed by atoms with Gasteiger partial charge in [0.1, 0.15) is 0 Å². The number of nitrogens with zero attached hydrogens (tertiary/aromatic N) is 1. The number of rotatable bonds is 5. The van der Waals surface area contributed by atoms with Crippen LogP contribution in [0.2, 0.25) is 10.0 Å². The molecule has 1 heterocycles. The molecular formula is C20H19BrCl2N2O3. The minimum Gasteiger partial charge on any atom is -0.481 e. The first-order valence-corrected chi connectivity index (χ1v) is 10.5. The molecule has 8 heteroatoms. The van der Waals surface area contributed by atoms with Gasteiger partial charge in [0, 0.05) is 18.1 Å². The van der Waals surface area contributed by atoms with Crippen LogP contribution in [-0.2, 0) is 4.79 Å². The van der Waals surface area contributed by atoms with E-state index < -0.39 is 5.91 Å². The smallest absolute Gasteiger partial charge is 0.262 e. The number of para-hydroxylation sites is 1. The van der Waals surface area contributed by atoms with Crippen molar-refractivity contribution in [3.63, 3.8) is 0 Å². The molecule has 0 atom stereocenters. The van der Waals surface area contributed by atoms with Crippen LogP contribution in [0.3, 0.4) is 0 Å². The van der Waals surface area contributed by atoms with Crippen LogP contribution in [0.15, 0.2) is 40.9 Å². The van der Waals surface area contributed by atoms with Gasteiger partial charge in [0.2, 0.25) is 0 Å². The van der Waals surface area contributed by atoms with Gasteiger partial charge in [0.05, 0.1) is 20.7 Å². The minimum atomic E-state index is -0.392. The highest BCUT2D eigenvalue weighted by Crippen LogP contribution is 2.36. The zero-order chi connectivity index (χ0) is 20.1. The average molecular weight is 486 g/mol. The number of amides is 2. The largest absolute Gasteiger partial charge is 0.481 e. The van der Waals surface area contributed by atoms with Crippen LogP contribution in [0.5, 0.6) is 5.75 Å². The number of carbonyl (C=O) groups excluding carboxylic acids is 2. The number of hydrogen-bond acceptors (Lipinski definition) is 3. The predicted octanol–water partition coefficient (Wildman–Crippen LogP) is 5.40. The van der Waals surface area contributed by atoms with Gasteiger partial charge in [-0.3, -0.25) is 9.59 Å². The Morgan fingerprint density at radius 1 is 1.11 bits per heavy atom. The van der Waals surface area contributed by atoms with Gasteiger partial charge in [-0.2, -0.15) is 0 Å². The fourth-order valence-corrected chi connectivity index (χ4v) is 4.41. The maximum absolute atomic E-state index is 12.8. The van der Waals surface area contributed by atoms with Crippen LogP contribution in [-0.4, -0.2) is 36.4 Å². The lowest BCUT2D eigenvalue weighted by atomic mass is 10.1. The van der Waals surface area contributed by atoms with Gasteiger partial charge in [-0.1, -0.05) is 35.3 Å². The Morgan fingerprint density at radius 2 is 1.82 bits per heavy atom. The molecule has 0 spiro atoms. The number of hydrogen-bond donors (Lipinski definition) is 1. The van der Waals surface area contributed by atoms with Gasteiger partial charge in [-0.25, -0.2) is 0 Å². The summed E-state index contributed by atoms with van der Waals surface area (Å²) in [5.41, 5.74) is 0.941.